The number of amides is 1. The molecule has 2 aromatic carbocycles. The number of rotatable bonds is 4. The van der Waals surface area contributed by atoms with Crippen LogP contribution in [0.5, 0.6) is 0 Å². The standard InChI is InChI=1S/C18H16FN3O/c1-12(13-5-3-2-4-6-13)21-18(23)16-11-20-22-17(16)14-7-9-15(19)10-8-14/h2-12H,1H3,(H,20,22)(H,21,23)/t12-/m0/s1. The molecule has 3 rings (SSSR count). The van der Waals surface area contributed by atoms with E-state index in [4.69, 9.17) is 0 Å². The Morgan fingerprint density at radius 2 is 1.83 bits per heavy atom. The summed E-state index contributed by atoms with van der Waals surface area (Å²) >= 11 is 0. The number of aromatic nitrogens is 2. The Hall–Kier alpha value is -2.95. The van der Waals surface area contributed by atoms with Gasteiger partial charge >= 0.3 is 0 Å². The van der Waals surface area contributed by atoms with E-state index in [1.807, 2.05) is 37.3 Å². The largest absolute Gasteiger partial charge is 0.345 e. The number of hydrogen-bond donors (Lipinski definition) is 2. The van der Waals surface area contributed by atoms with E-state index >= 15 is 0 Å². The maximum atomic E-state index is 13.0. The Morgan fingerprint density at radius 1 is 1.13 bits per heavy atom. The Morgan fingerprint density at radius 3 is 2.52 bits per heavy atom. The number of halogens is 1. The van der Waals surface area contributed by atoms with Crippen molar-refractivity contribution in [1.82, 2.24) is 15.5 Å². The molecule has 2 N–H and O–H groups in total. The van der Waals surface area contributed by atoms with Crippen LogP contribution in [0, 0.1) is 5.82 Å². The van der Waals surface area contributed by atoms with Gasteiger partial charge in [-0.15, -0.1) is 0 Å². The maximum absolute atomic E-state index is 13.0. The van der Waals surface area contributed by atoms with Crippen LogP contribution in [0.1, 0.15) is 28.9 Å². The van der Waals surface area contributed by atoms with Crippen LogP contribution in [-0.2, 0) is 0 Å². The van der Waals surface area contributed by atoms with E-state index in [0.717, 1.165) is 5.56 Å². The normalized spacial score (nSPS) is 11.9. The zero-order valence-electron chi connectivity index (χ0n) is 12.6. The molecule has 1 amide bonds. The number of aromatic amines is 1. The average Bonchev–Trinajstić information content (AvgIpc) is 3.06. The lowest BCUT2D eigenvalue weighted by Crippen LogP contribution is -2.26. The summed E-state index contributed by atoms with van der Waals surface area (Å²) in [6, 6.07) is 15.5. The van der Waals surface area contributed by atoms with Crippen LogP contribution < -0.4 is 5.32 Å². The second kappa shape index (κ2) is 6.44. The van der Waals surface area contributed by atoms with Crippen molar-refractivity contribution in [1.29, 1.82) is 0 Å². The lowest BCUT2D eigenvalue weighted by atomic mass is 10.1. The highest BCUT2D eigenvalue weighted by molar-refractivity contribution is 5.99. The fourth-order valence-electron chi connectivity index (χ4n) is 2.39. The topological polar surface area (TPSA) is 57.8 Å². The van der Waals surface area contributed by atoms with E-state index in [9.17, 15) is 9.18 Å². The molecule has 1 atom stereocenters. The number of nitrogens with zero attached hydrogens (tertiary/aromatic N) is 1. The molecule has 0 saturated heterocycles. The quantitative estimate of drug-likeness (QED) is 0.772. The zero-order chi connectivity index (χ0) is 16.2. The number of carbonyl (C=O) groups excluding carboxylic acids is 1. The van der Waals surface area contributed by atoms with Gasteiger partial charge in [0.2, 0.25) is 0 Å². The second-order valence-electron chi connectivity index (χ2n) is 5.27. The van der Waals surface area contributed by atoms with E-state index in [0.29, 0.717) is 16.8 Å². The van der Waals surface area contributed by atoms with Crippen LogP contribution in [0.3, 0.4) is 0 Å². The molecule has 0 fully saturated rings. The van der Waals surface area contributed by atoms with Crippen molar-refractivity contribution in [2.75, 3.05) is 0 Å². The number of nitrogens with one attached hydrogen (secondary N) is 2. The third-order valence-corrected chi connectivity index (χ3v) is 3.66. The van der Waals surface area contributed by atoms with Gasteiger partial charge < -0.3 is 5.32 Å². The summed E-state index contributed by atoms with van der Waals surface area (Å²) in [5, 5.41) is 9.69. The summed E-state index contributed by atoms with van der Waals surface area (Å²) in [7, 11) is 0. The summed E-state index contributed by atoms with van der Waals surface area (Å²) in [6.45, 7) is 1.92. The first-order valence-electron chi connectivity index (χ1n) is 7.30. The van der Waals surface area contributed by atoms with Crippen molar-refractivity contribution in [2.45, 2.75) is 13.0 Å². The van der Waals surface area contributed by atoms with Crippen molar-refractivity contribution in [2.24, 2.45) is 0 Å². The van der Waals surface area contributed by atoms with E-state index < -0.39 is 0 Å². The third-order valence-electron chi connectivity index (χ3n) is 3.66. The van der Waals surface area contributed by atoms with Gasteiger partial charge in [-0.2, -0.15) is 5.10 Å². The fraction of sp³-hybridized carbons (Fsp3) is 0.111. The predicted molar refractivity (Wildman–Crippen MR) is 86.3 cm³/mol. The maximum Gasteiger partial charge on any atom is 0.255 e. The van der Waals surface area contributed by atoms with Crippen LogP contribution >= 0.6 is 0 Å². The molecule has 3 aromatic rings. The first kappa shape index (κ1) is 15.0. The van der Waals surface area contributed by atoms with E-state index in [2.05, 4.69) is 15.5 Å². The number of H-pyrrole nitrogens is 1. The first-order chi connectivity index (χ1) is 11.1. The molecule has 5 heteroatoms. The highest BCUT2D eigenvalue weighted by atomic mass is 19.1. The van der Waals surface area contributed by atoms with Crippen molar-refractivity contribution in [3.8, 4) is 11.3 Å². The van der Waals surface area contributed by atoms with Gasteiger partial charge in [-0.1, -0.05) is 30.3 Å². The predicted octanol–water partition coefficient (Wildman–Crippen LogP) is 3.71. The molecule has 0 unspecified atom stereocenters. The van der Waals surface area contributed by atoms with Crippen LogP contribution in [-0.4, -0.2) is 16.1 Å². The van der Waals surface area contributed by atoms with Crippen molar-refractivity contribution >= 4 is 5.91 Å². The van der Waals surface area contributed by atoms with Crippen LogP contribution in [0.25, 0.3) is 11.3 Å². The van der Waals surface area contributed by atoms with Gasteiger partial charge in [0.25, 0.3) is 5.91 Å². The molecule has 4 nitrogen and oxygen atoms in total. The van der Waals surface area contributed by atoms with Crippen molar-refractivity contribution < 1.29 is 9.18 Å². The molecular formula is C18H16FN3O. The summed E-state index contributed by atoms with van der Waals surface area (Å²) in [5.41, 5.74) is 2.73. The van der Waals surface area contributed by atoms with E-state index in [1.165, 1.54) is 18.3 Å². The van der Waals surface area contributed by atoms with Gasteiger partial charge in [0.05, 0.1) is 23.5 Å². The summed E-state index contributed by atoms with van der Waals surface area (Å²) in [4.78, 5) is 12.5. The molecule has 0 aliphatic heterocycles. The molecule has 0 spiro atoms. The van der Waals surface area contributed by atoms with Gasteiger partial charge in [0.1, 0.15) is 5.82 Å². The van der Waals surface area contributed by atoms with Gasteiger partial charge in [-0.05, 0) is 36.8 Å². The van der Waals surface area contributed by atoms with Gasteiger partial charge in [0, 0.05) is 5.56 Å². The smallest absolute Gasteiger partial charge is 0.255 e. The van der Waals surface area contributed by atoms with Gasteiger partial charge in [-0.25, -0.2) is 4.39 Å². The zero-order valence-corrected chi connectivity index (χ0v) is 12.6. The third kappa shape index (κ3) is 3.29. The lowest BCUT2D eigenvalue weighted by Gasteiger charge is -2.14. The highest BCUT2D eigenvalue weighted by Crippen LogP contribution is 2.22. The lowest BCUT2D eigenvalue weighted by molar-refractivity contribution is 0.0940. The summed E-state index contributed by atoms with van der Waals surface area (Å²) in [6.07, 6.45) is 1.48. The van der Waals surface area contributed by atoms with Crippen LogP contribution in [0.2, 0.25) is 0 Å². The van der Waals surface area contributed by atoms with E-state index in [-0.39, 0.29) is 17.8 Å². The molecular weight excluding hydrogens is 293 g/mol. The summed E-state index contributed by atoms with van der Waals surface area (Å²) in [5.74, 6) is -0.550. The minimum Gasteiger partial charge on any atom is -0.345 e. The number of carbonyl (C=O) groups is 1. The molecule has 23 heavy (non-hydrogen) atoms. The first-order valence-corrected chi connectivity index (χ1v) is 7.30. The van der Waals surface area contributed by atoms with Gasteiger partial charge in [-0.3, -0.25) is 9.89 Å². The minimum atomic E-state index is -0.322. The summed E-state index contributed by atoms with van der Waals surface area (Å²) < 4.78 is 13.0. The molecule has 1 heterocycles. The van der Waals surface area contributed by atoms with Crippen molar-refractivity contribution in [3.05, 3.63) is 77.7 Å². The van der Waals surface area contributed by atoms with Crippen molar-refractivity contribution in [3.63, 3.8) is 0 Å². The van der Waals surface area contributed by atoms with Crippen LogP contribution in [0.4, 0.5) is 4.39 Å². The Bertz CT molecular complexity index is 797. The Labute approximate surface area is 133 Å². The van der Waals surface area contributed by atoms with E-state index in [1.54, 1.807) is 12.1 Å². The number of hydrogen-bond acceptors (Lipinski definition) is 2. The number of benzene rings is 2. The Kier molecular flexibility index (Phi) is 4.19. The molecule has 0 saturated carbocycles. The average molecular weight is 309 g/mol. The molecule has 0 radical (unpaired) electrons. The molecule has 0 bridgehead atoms. The van der Waals surface area contributed by atoms with Gasteiger partial charge in [0.15, 0.2) is 0 Å². The highest BCUT2D eigenvalue weighted by Gasteiger charge is 2.17. The SMILES string of the molecule is C[C@H](NC(=O)c1cn[nH]c1-c1ccc(F)cc1)c1ccccc1. The molecule has 1 aromatic heterocycles. The molecule has 116 valence electrons. The minimum absolute atomic E-state index is 0.125. The molecule has 0 aliphatic carbocycles. The monoisotopic (exact) mass is 309 g/mol. The second-order valence-corrected chi connectivity index (χ2v) is 5.27. The Balaban J connectivity index is 1.81. The molecule has 0 aliphatic rings. The fourth-order valence-corrected chi connectivity index (χ4v) is 2.39. The van der Waals surface area contributed by atoms with Crippen LogP contribution in [0.15, 0.2) is 60.8 Å².